The Balaban J connectivity index is 1.97. The van der Waals surface area contributed by atoms with Crippen LogP contribution >= 0.6 is 0 Å². The summed E-state index contributed by atoms with van der Waals surface area (Å²) in [4.78, 5) is 7.06. The van der Waals surface area contributed by atoms with Gasteiger partial charge >= 0.3 is 0 Å². The highest BCUT2D eigenvalue weighted by Crippen LogP contribution is 2.31. The molecule has 0 bridgehead atoms. The van der Waals surface area contributed by atoms with Gasteiger partial charge in [0.2, 0.25) is 0 Å². The molecule has 106 valence electrons. The molecule has 2 aliphatic rings. The maximum atomic E-state index is 9.43. The van der Waals surface area contributed by atoms with Gasteiger partial charge in [-0.2, -0.15) is 5.26 Å². The fraction of sp³-hybridized carbons (Fsp3) is 0.625. The van der Waals surface area contributed by atoms with E-state index in [0.29, 0.717) is 11.6 Å². The van der Waals surface area contributed by atoms with E-state index in [1.54, 1.807) is 0 Å². The van der Waals surface area contributed by atoms with Crippen molar-refractivity contribution in [2.24, 2.45) is 0 Å². The summed E-state index contributed by atoms with van der Waals surface area (Å²) in [5.41, 5.74) is 3.13. The van der Waals surface area contributed by atoms with Crippen molar-refractivity contribution in [1.29, 1.82) is 5.26 Å². The number of piperidine rings is 1. The summed E-state index contributed by atoms with van der Waals surface area (Å²) in [6.45, 7) is 1.15. The number of nitriles is 1. The molecule has 0 radical (unpaired) electrons. The number of hydrogen-bond acceptors (Lipinski definition) is 4. The van der Waals surface area contributed by atoms with Crippen molar-refractivity contribution in [2.75, 3.05) is 18.1 Å². The lowest BCUT2D eigenvalue weighted by Gasteiger charge is -2.37. The van der Waals surface area contributed by atoms with E-state index in [1.165, 1.54) is 17.7 Å². The van der Waals surface area contributed by atoms with Crippen LogP contribution in [0.4, 0.5) is 5.82 Å². The lowest BCUT2D eigenvalue weighted by molar-refractivity contribution is 0.262. The number of aromatic nitrogens is 1. The van der Waals surface area contributed by atoms with Gasteiger partial charge in [-0.1, -0.05) is 0 Å². The summed E-state index contributed by atoms with van der Waals surface area (Å²) in [6, 6.07) is 4.68. The Kier molecular flexibility index (Phi) is 3.88. The molecular formula is C16H21N3O. The highest BCUT2D eigenvalue weighted by molar-refractivity contribution is 5.57. The van der Waals surface area contributed by atoms with Crippen LogP contribution in [-0.4, -0.2) is 29.3 Å². The van der Waals surface area contributed by atoms with Gasteiger partial charge in [0.15, 0.2) is 0 Å². The summed E-state index contributed by atoms with van der Waals surface area (Å²) in [5.74, 6) is 0.853. The molecule has 3 rings (SSSR count). The predicted molar refractivity (Wildman–Crippen MR) is 77.7 cm³/mol. The second-order valence-corrected chi connectivity index (χ2v) is 5.79. The van der Waals surface area contributed by atoms with Gasteiger partial charge in [-0.05, 0) is 56.6 Å². The summed E-state index contributed by atoms with van der Waals surface area (Å²) in [6.07, 6.45) is 7.44. The number of aliphatic hydroxyl groups excluding tert-OH is 1. The fourth-order valence-electron chi connectivity index (χ4n) is 3.49. The zero-order chi connectivity index (χ0) is 13.9. The first-order valence-electron chi connectivity index (χ1n) is 7.64. The topological polar surface area (TPSA) is 60.2 Å². The zero-order valence-electron chi connectivity index (χ0n) is 11.8. The van der Waals surface area contributed by atoms with E-state index in [1.807, 2.05) is 6.07 Å². The number of aryl methyl sites for hydroxylation is 2. The largest absolute Gasteiger partial charge is 0.396 e. The molecule has 2 heterocycles. The Hall–Kier alpha value is -1.60. The monoisotopic (exact) mass is 271 g/mol. The smallest absolute Gasteiger partial charge is 0.147 e. The summed E-state index contributed by atoms with van der Waals surface area (Å²) >= 11 is 0. The van der Waals surface area contributed by atoms with Gasteiger partial charge < -0.3 is 10.0 Å². The van der Waals surface area contributed by atoms with Crippen molar-refractivity contribution in [3.63, 3.8) is 0 Å². The molecular weight excluding hydrogens is 250 g/mol. The Labute approximate surface area is 120 Å². The van der Waals surface area contributed by atoms with E-state index < -0.39 is 0 Å². The molecule has 1 atom stereocenters. The number of nitrogens with zero attached hydrogens (tertiary/aromatic N) is 3. The Morgan fingerprint density at radius 1 is 1.35 bits per heavy atom. The molecule has 1 saturated heterocycles. The molecule has 0 amide bonds. The van der Waals surface area contributed by atoms with Gasteiger partial charge in [-0.25, -0.2) is 4.98 Å². The third kappa shape index (κ3) is 2.38. The number of aliphatic hydroxyl groups is 1. The van der Waals surface area contributed by atoms with Crippen molar-refractivity contribution in [3.8, 4) is 6.07 Å². The first-order chi connectivity index (χ1) is 9.83. The third-order valence-electron chi connectivity index (χ3n) is 4.51. The molecule has 0 aromatic carbocycles. The normalized spacial score (nSPS) is 21.6. The lowest BCUT2D eigenvalue weighted by Crippen LogP contribution is -2.41. The maximum absolute atomic E-state index is 9.43. The summed E-state index contributed by atoms with van der Waals surface area (Å²) in [5, 5.41) is 18.7. The van der Waals surface area contributed by atoms with Crippen molar-refractivity contribution in [3.05, 3.63) is 22.9 Å². The number of anilines is 1. The molecule has 1 unspecified atom stereocenters. The zero-order valence-corrected chi connectivity index (χ0v) is 11.8. The van der Waals surface area contributed by atoms with Gasteiger partial charge in [0, 0.05) is 24.9 Å². The van der Waals surface area contributed by atoms with Crippen LogP contribution in [0.3, 0.4) is 0 Å². The summed E-state index contributed by atoms with van der Waals surface area (Å²) in [7, 11) is 0. The molecule has 1 aliphatic heterocycles. The van der Waals surface area contributed by atoms with Crippen LogP contribution in [0.1, 0.15) is 48.9 Å². The Morgan fingerprint density at radius 2 is 2.25 bits per heavy atom. The van der Waals surface area contributed by atoms with Crippen LogP contribution in [0.5, 0.6) is 0 Å². The third-order valence-corrected chi connectivity index (χ3v) is 4.51. The highest BCUT2D eigenvalue weighted by atomic mass is 16.3. The molecule has 1 aromatic heterocycles. The van der Waals surface area contributed by atoms with Crippen molar-refractivity contribution in [1.82, 2.24) is 4.98 Å². The van der Waals surface area contributed by atoms with Crippen LogP contribution in [0.2, 0.25) is 0 Å². The molecule has 4 heteroatoms. The van der Waals surface area contributed by atoms with Gasteiger partial charge in [0.05, 0.1) is 5.56 Å². The number of fused-ring (bicyclic) bond motifs is 1. The first kappa shape index (κ1) is 13.4. The van der Waals surface area contributed by atoms with Crippen molar-refractivity contribution in [2.45, 2.75) is 51.0 Å². The van der Waals surface area contributed by atoms with Crippen molar-refractivity contribution >= 4 is 5.82 Å². The SMILES string of the molecule is N#Cc1cc2c(nc1N1CCCCC1CCO)CCC2. The minimum Gasteiger partial charge on any atom is -0.396 e. The van der Waals surface area contributed by atoms with Crippen LogP contribution in [0.15, 0.2) is 6.07 Å². The second-order valence-electron chi connectivity index (χ2n) is 5.79. The van der Waals surface area contributed by atoms with E-state index >= 15 is 0 Å². The van der Waals surface area contributed by atoms with Crippen LogP contribution in [0.25, 0.3) is 0 Å². The van der Waals surface area contributed by atoms with Gasteiger partial charge in [-0.15, -0.1) is 0 Å². The van der Waals surface area contributed by atoms with Crippen LogP contribution in [-0.2, 0) is 12.8 Å². The minimum absolute atomic E-state index is 0.202. The second kappa shape index (κ2) is 5.80. The van der Waals surface area contributed by atoms with Crippen LogP contribution < -0.4 is 4.90 Å². The number of hydrogen-bond donors (Lipinski definition) is 1. The molecule has 1 N–H and O–H groups in total. The summed E-state index contributed by atoms with van der Waals surface area (Å²) < 4.78 is 0. The average molecular weight is 271 g/mol. The van der Waals surface area contributed by atoms with E-state index in [0.717, 1.165) is 50.9 Å². The highest BCUT2D eigenvalue weighted by Gasteiger charge is 2.27. The van der Waals surface area contributed by atoms with Gasteiger partial charge in [-0.3, -0.25) is 0 Å². The first-order valence-corrected chi connectivity index (χ1v) is 7.64. The number of rotatable bonds is 3. The molecule has 1 aromatic rings. The maximum Gasteiger partial charge on any atom is 0.147 e. The molecule has 20 heavy (non-hydrogen) atoms. The molecule has 1 fully saturated rings. The quantitative estimate of drug-likeness (QED) is 0.915. The van der Waals surface area contributed by atoms with E-state index in [-0.39, 0.29) is 6.61 Å². The molecule has 4 nitrogen and oxygen atoms in total. The van der Waals surface area contributed by atoms with E-state index in [9.17, 15) is 10.4 Å². The average Bonchev–Trinajstić information content (AvgIpc) is 2.94. The van der Waals surface area contributed by atoms with Crippen molar-refractivity contribution < 1.29 is 5.11 Å². The molecule has 1 aliphatic carbocycles. The molecule has 0 saturated carbocycles. The van der Waals surface area contributed by atoms with Crippen LogP contribution in [0, 0.1) is 11.3 Å². The van der Waals surface area contributed by atoms with E-state index in [2.05, 4.69) is 11.0 Å². The Morgan fingerprint density at radius 3 is 3.05 bits per heavy atom. The lowest BCUT2D eigenvalue weighted by atomic mass is 9.98. The predicted octanol–water partition coefficient (Wildman–Crippen LogP) is 2.18. The number of pyridine rings is 1. The van der Waals surface area contributed by atoms with Gasteiger partial charge in [0.25, 0.3) is 0 Å². The van der Waals surface area contributed by atoms with Gasteiger partial charge in [0.1, 0.15) is 11.9 Å². The minimum atomic E-state index is 0.202. The fourth-order valence-corrected chi connectivity index (χ4v) is 3.49. The Bertz CT molecular complexity index is 533. The molecule has 0 spiro atoms. The standard InChI is InChI=1S/C16H21N3O/c17-11-13-10-12-4-3-6-15(12)18-16(13)19-8-2-1-5-14(19)7-9-20/h10,14,20H,1-9H2. The van der Waals surface area contributed by atoms with E-state index in [4.69, 9.17) is 4.98 Å².